The van der Waals surface area contributed by atoms with Crippen LogP contribution in [0, 0.1) is 13.8 Å². The Balaban J connectivity index is 1.90. The fourth-order valence-corrected chi connectivity index (χ4v) is 4.63. The molecule has 5 rings (SSSR count). The highest BCUT2D eigenvalue weighted by molar-refractivity contribution is 5.94. The molecule has 32 heavy (non-hydrogen) atoms. The van der Waals surface area contributed by atoms with Crippen molar-refractivity contribution < 1.29 is 0 Å². The van der Waals surface area contributed by atoms with E-state index in [0.29, 0.717) is 0 Å². The maximum atomic E-state index is 5.17. The summed E-state index contributed by atoms with van der Waals surface area (Å²) in [6.45, 7) is 11.1. The minimum Gasteiger partial charge on any atom is -0.244 e. The molecule has 0 amide bonds. The van der Waals surface area contributed by atoms with E-state index in [2.05, 4.69) is 89.2 Å². The number of aryl methyl sites for hydroxylation is 2. The third-order valence-corrected chi connectivity index (χ3v) is 6.23. The largest absolute Gasteiger partial charge is 0.244 e. The molecule has 0 N–H and O–H groups in total. The van der Waals surface area contributed by atoms with Crippen molar-refractivity contribution in [2.45, 2.75) is 40.0 Å². The highest BCUT2D eigenvalue weighted by Gasteiger charge is 2.21. The third-order valence-electron chi connectivity index (χ3n) is 6.23. The van der Waals surface area contributed by atoms with Crippen LogP contribution < -0.4 is 0 Å². The van der Waals surface area contributed by atoms with E-state index in [1.54, 1.807) is 0 Å². The number of fused-ring (bicyclic) bond motifs is 2. The average Bonchev–Trinajstić information content (AvgIpc) is 2.77. The molecule has 0 saturated heterocycles. The van der Waals surface area contributed by atoms with Crippen LogP contribution in [-0.4, -0.2) is 9.97 Å². The minimum absolute atomic E-state index is 0.0125. The number of hydrogen-bond acceptors (Lipinski definition) is 2. The van der Waals surface area contributed by atoms with Crippen molar-refractivity contribution in [1.29, 1.82) is 0 Å². The van der Waals surface area contributed by atoms with Crippen LogP contribution in [-0.2, 0) is 5.41 Å². The van der Waals surface area contributed by atoms with Gasteiger partial charge in [-0.2, -0.15) is 0 Å². The molecule has 0 spiro atoms. The van der Waals surface area contributed by atoms with Gasteiger partial charge in [-0.3, -0.25) is 0 Å². The van der Waals surface area contributed by atoms with Crippen LogP contribution in [0.5, 0.6) is 0 Å². The first-order valence-corrected chi connectivity index (χ1v) is 11.2. The molecule has 0 unspecified atom stereocenters. The molecule has 0 fully saturated rings. The first kappa shape index (κ1) is 20.4. The van der Waals surface area contributed by atoms with Crippen LogP contribution in [0.1, 0.15) is 37.5 Å². The molecule has 0 saturated carbocycles. The van der Waals surface area contributed by atoms with Gasteiger partial charge in [0, 0.05) is 11.1 Å². The Morgan fingerprint density at radius 3 is 1.88 bits per heavy atom. The molecule has 1 heterocycles. The molecule has 5 aromatic rings. The van der Waals surface area contributed by atoms with Crippen molar-refractivity contribution in [3.05, 3.63) is 95.6 Å². The topological polar surface area (TPSA) is 25.8 Å². The zero-order chi connectivity index (χ0) is 22.5. The molecule has 0 radical (unpaired) electrons. The minimum atomic E-state index is 0.0125. The number of hydrogen-bond donors (Lipinski definition) is 0. The third kappa shape index (κ3) is 3.46. The SMILES string of the molecule is Cc1cccc(C)c1-c1nc2ccccc2nc1-c1cc(C(C)(C)C)c2ccccc2c1. The van der Waals surface area contributed by atoms with Crippen LogP contribution in [0.2, 0.25) is 0 Å². The van der Waals surface area contributed by atoms with Crippen LogP contribution in [0.25, 0.3) is 44.3 Å². The van der Waals surface area contributed by atoms with Gasteiger partial charge in [0.1, 0.15) is 0 Å². The van der Waals surface area contributed by atoms with Crippen molar-refractivity contribution in [3.8, 4) is 22.5 Å². The van der Waals surface area contributed by atoms with Gasteiger partial charge < -0.3 is 0 Å². The lowest BCUT2D eigenvalue weighted by molar-refractivity contribution is 0.596. The molecular formula is C30H28N2. The first-order chi connectivity index (χ1) is 15.3. The van der Waals surface area contributed by atoms with Gasteiger partial charge in [-0.25, -0.2) is 9.97 Å². The van der Waals surface area contributed by atoms with Gasteiger partial charge in [-0.15, -0.1) is 0 Å². The molecule has 0 aliphatic rings. The Kier molecular flexibility index (Phi) is 4.82. The van der Waals surface area contributed by atoms with E-state index in [9.17, 15) is 0 Å². The fraction of sp³-hybridized carbons (Fsp3) is 0.200. The van der Waals surface area contributed by atoms with E-state index < -0.39 is 0 Å². The summed E-state index contributed by atoms with van der Waals surface area (Å²) in [6.07, 6.45) is 0. The van der Waals surface area contributed by atoms with Gasteiger partial charge in [-0.05, 0) is 71.0 Å². The number of nitrogens with zero attached hydrogens (tertiary/aromatic N) is 2. The fourth-order valence-electron chi connectivity index (χ4n) is 4.63. The zero-order valence-electron chi connectivity index (χ0n) is 19.4. The molecule has 1 aromatic heterocycles. The van der Waals surface area contributed by atoms with Crippen molar-refractivity contribution in [2.75, 3.05) is 0 Å². The molecule has 0 aliphatic carbocycles. The van der Waals surface area contributed by atoms with Gasteiger partial charge >= 0.3 is 0 Å². The predicted molar refractivity (Wildman–Crippen MR) is 136 cm³/mol. The second-order valence-electron chi connectivity index (χ2n) is 9.67. The number of aromatic nitrogens is 2. The van der Waals surface area contributed by atoms with E-state index in [-0.39, 0.29) is 5.41 Å². The Morgan fingerprint density at radius 1 is 0.625 bits per heavy atom. The maximum absolute atomic E-state index is 5.17. The average molecular weight is 417 g/mol. The van der Waals surface area contributed by atoms with E-state index in [0.717, 1.165) is 28.0 Å². The van der Waals surface area contributed by atoms with Gasteiger partial charge in [0.05, 0.1) is 22.4 Å². The molecule has 0 atom stereocenters. The monoisotopic (exact) mass is 416 g/mol. The second kappa shape index (κ2) is 7.56. The van der Waals surface area contributed by atoms with Gasteiger partial charge in [-0.1, -0.05) is 75.4 Å². The molecule has 0 aliphatic heterocycles. The van der Waals surface area contributed by atoms with Crippen LogP contribution in [0.3, 0.4) is 0 Å². The summed E-state index contributed by atoms with van der Waals surface area (Å²) < 4.78 is 0. The van der Waals surface area contributed by atoms with Gasteiger partial charge in [0.15, 0.2) is 0 Å². The van der Waals surface area contributed by atoms with Crippen molar-refractivity contribution in [3.63, 3.8) is 0 Å². The smallest absolute Gasteiger partial charge is 0.0978 e. The molecule has 0 bridgehead atoms. The van der Waals surface area contributed by atoms with Crippen molar-refractivity contribution in [2.24, 2.45) is 0 Å². The Labute approximate surface area is 190 Å². The van der Waals surface area contributed by atoms with E-state index >= 15 is 0 Å². The highest BCUT2D eigenvalue weighted by Crippen LogP contribution is 2.39. The van der Waals surface area contributed by atoms with E-state index in [1.165, 1.54) is 33.0 Å². The van der Waals surface area contributed by atoms with Crippen molar-refractivity contribution in [1.82, 2.24) is 9.97 Å². The summed E-state index contributed by atoms with van der Waals surface area (Å²) in [5.41, 5.74) is 9.79. The molecule has 2 heteroatoms. The zero-order valence-corrected chi connectivity index (χ0v) is 19.4. The van der Waals surface area contributed by atoms with Crippen LogP contribution in [0.15, 0.2) is 78.9 Å². The number of benzene rings is 4. The lowest BCUT2D eigenvalue weighted by Gasteiger charge is -2.23. The van der Waals surface area contributed by atoms with E-state index in [1.807, 2.05) is 24.3 Å². The standard InChI is InChI=1S/C30H28N2/c1-19-11-10-12-20(2)27(19)29-28(31-25-15-8-9-16-26(25)32-29)22-17-21-13-6-7-14-23(21)24(18-22)30(3,4)5/h6-18H,1-5H3. The number of rotatable bonds is 2. The summed E-state index contributed by atoms with van der Waals surface area (Å²) in [5, 5.41) is 2.53. The Hall–Kier alpha value is -3.52. The van der Waals surface area contributed by atoms with Crippen molar-refractivity contribution >= 4 is 21.8 Å². The number of para-hydroxylation sites is 2. The molecule has 158 valence electrons. The lowest BCUT2D eigenvalue weighted by atomic mass is 9.82. The lowest BCUT2D eigenvalue weighted by Crippen LogP contribution is -2.12. The summed E-state index contributed by atoms with van der Waals surface area (Å²) >= 11 is 0. The predicted octanol–water partition coefficient (Wildman–Crippen LogP) is 8.03. The van der Waals surface area contributed by atoms with Gasteiger partial charge in [0.25, 0.3) is 0 Å². The molecule has 4 aromatic carbocycles. The van der Waals surface area contributed by atoms with Gasteiger partial charge in [0.2, 0.25) is 0 Å². The van der Waals surface area contributed by atoms with Crippen LogP contribution >= 0.6 is 0 Å². The summed E-state index contributed by atoms with van der Waals surface area (Å²) in [7, 11) is 0. The van der Waals surface area contributed by atoms with E-state index in [4.69, 9.17) is 9.97 Å². The summed E-state index contributed by atoms with van der Waals surface area (Å²) in [5.74, 6) is 0. The molecule has 2 nitrogen and oxygen atoms in total. The normalized spacial score (nSPS) is 11.9. The molecular weight excluding hydrogens is 388 g/mol. The Morgan fingerprint density at radius 2 is 1.22 bits per heavy atom. The highest BCUT2D eigenvalue weighted by atomic mass is 14.8. The second-order valence-corrected chi connectivity index (χ2v) is 9.67. The van der Waals surface area contributed by atoms with Crippen LogP contribution in [0.4, 0.5) is 0 Å². The Bertz CT molecular complexity index is 1450. The summed E-state index contributed by atoms with van der Waals surface area (Å²) in [6, 6.07) is 27.8. The first-order valence-electron chi connectivity index (χ1n) is 11.2. The quantitative estimate of drug-likeness (QED) is 0.291. The summed E-state index contributed by atoms with van der Waals surface area (Å²) in [4.78, 5) is 10.3. The maximum Gasteiger partial charge on any atom is 0.0978 e.